The van der Waals surface area contributed by atoms with E-state index in [0.29, 0.717) is 37.6 Å². The first-order valence-corrected chi connectivity index (χ1v) is 11.8. The van der Waals surface area contributed by atoms with E-state index < -0.39 is 5.60 Å². The number of benzene rings is 2. The summed E-state index contributed by atoms with van der Waals surface area (Å²) >= 11 is 5.87. The first-order valence-electron chi connectivity index (χ1n) is 11.4. The molecule has 0 aliphatic carbocycles. The number of likely N-dealkylation sites (tertiary alicyclic amines) is 1. The van der Waals surface area contributed by atoms with E-state index in [0.717, 1.165) is 36.7 Å². The van der Waals surface area contributed by atoms with Gasteiger partial charge in [-0.1, -0.05) is 41.4 Å². The number of hydrogen-bond donors (Lipinski definition) is 1. The van der Waals surface area contributed by atoms with Gasteiger partial charge in [-0.05, 0) is 56.0 Å². The van der Waals surface area contributed by atoms with Gasteiger partial charge in [-0.25, -0.2) is 0 Å². The number of nitrogens with zero attached hydrogens (tertiary/aromatic N) is 3. The summed E-state index contributed by atoms with van der Waals surface area (Å²) in [5.41, 5.74) is 2.78. The molecule has 0 atom stereocenters. The van der Waals surface area contributed by atoms with Crippen LogP contribution in [0.25, 0.3) is 0 Å². The lowest BCUT2D eigenvalue weighted by Gasteiger charge is -2.38. The zero-order valence-electron chi connectivity index (χ0n) is 19.3. The fourth-order valence-electron chi connectivity index (χ4n) is 4.11. The van der Waals surface area contributed by atoms with E-state index in [1.54, 1.807) is 17.1 Å². The van der Waals surface area contributed by atoms with Crippen LogP contribution in [0.3, 0.4) is 0 Å². The Morgan fingerprint density at radius 2 is 1.82 bits per heavy atom. The van der Waals surface area contributed by atoms with Crippen molar-refractivity contribution in [2.45, 2.75) is 45.4 Å². The summed E-state index contributed by atoms with van der Waals surface area (Å²) in [6.45, 7) is 8.18. The van der Waals surface area contributed by atoms with E-state index in [2.05, 4.69) is 35.1 Å². The molecular weight excluding hydrogens is 438 g/mol. The van der Waals surface area contributed by atoms with Gasteiger partial charge in [0.1, 0.15) is 30.3 Å². The van der Waals surface area contributed by atoms with Crippen molar-refractivity contribution in [2.24, 2.45) is 0 Å². The Hall–Kier alpha value is -2.54. The minimum atomic E-state index is -0.773. The van der Waals surface area contributed by atoms with Gasteiger partial charge in [0.15, 0.2) is 0 Å². The molecule has 1 aliphatic rings. The average Bonchev–Trinajstić information content (AvgIpc) is 3.21. The van der Waals surface area contributed by atoms with Crippen molar-refractivity contribution in [3.8, 4) is 11.5 Å². The van der Waals surface area contributed by atoms with Crippen LogP contribution in [0.15, 0.2) is 54.9 Å². The second-order valence-corrected chi connectivity index (χ2v) is 9.41. The van der Waals surface area contributed by atoms with E-state index in [9.17, 15) is 5.11 Å². The second kappa shape index (κ2) is 10.6. The van der Waals surface area contributed by atoms with Gasteiger partial charge in [0.05, 0.1) is 17.8 Å². The summed E-state index contributed by atoms with van der Waals surface area (Å²) in [5.74, 6) is 1.70. The van der Waals surface area contributed by atoms with Gasteiger partial charge in [-0.15, -0.1) is 0 Å². The lowest BCUT2D eigenvalue weighted by molar-refractivity contribution is -0.0538. The van der Waals surface area contributed by atoms with Crippen LogP contribution in [-0.4, -0.2) is 51.7 Å². The highest BCUT2D eigenvalue weighted by Gasteiger charge is 2.33. The molecule has 33 heavy (non-hydrogen) atoms. The molecule has 1 fully saturated rings. The molecule has 176 valence electrons. The molecule has 4 rings (SSSR count). The normalized spacial score (nSPS) is 16.0. The van der Waals surface area contributed by atoms with Crippen molar-refractivity contribution in [2.75, 3.05) is 26.3 Å². The molecule has 3 aromatic rings. The highest BCUT2D eigenvalue weighted by atomic mass is 35.5. The van der Waals surface area contributed by atoms with Crippen LogP contribution >= 0.6 is 11.6 Å². The van der Waals surface area contributed by atoms with Crippen molar-refractivity contribution in [1.29, 1.82) is 0 Å². The molecule has 0 unspecified atom stereocenters. The molecule has 0 amide bonds. The van der Waals surface area contributed by atoms with Gasteiger partial charge in [-0.3, -0.25) is 9.58 Å². The van der Waals surface area contributed by atoms with Crippen LogP contribution in [0, 0.1) is 13.8 Å². The number of ether oxygens (including phenoxy) is 2. The number of aryl methyl sites for hydroxylation is 2. The molecule has 0 bridgehead atoms. The maximum Gasteiger partial charge on any atom is 0.122 e. The molecule has 2 heterocycles. The van der Waals surface area contributed by atoms with Gasteiger partial charge in [0, 0.05) is 25.8 Å². The number of rotatable bonds is 9. The molecular formula is C26H32ClN3O3. The van der Waals surface area contributed by atoms with E-state index in [4.69, 9.17) is 21.1 Å². The molecule has 0 spiro atoms. The molecule has 1 aliphatic heterocycles. The Bertz CT molecular complexity index is 1040. The van der Waals surface area contributed by atoms with E-state index in [1.165, 1.54) is 11.1 Å². The third-order valence-corrected chi connectivity index (χ3v) is 6.33. The standard InChI is InChI=1S/C26H32ClN3O3/c1-20-3-8-25(21(2)15-20)33-19-26(31)9-11-29(12-10-26)17-22-4-6-24(7-5-22)32-14-13-30-18-23(27)16-28-30/h3-8,15-16,18,31H,9-14,17,19H2,1-2H3. The minimum absolute atomic E-state index is 0.335. The summed E-state index contributed by atoms with van der Waals surface area (Å²) < 4.78 is 13.5. The highest BCUT2D eigenvalue weighted by molar-refractivity contribution is 6.30. The van der Waals surface area contributed by atoms with Crippen molar-refractivity contribution in [1.82, 2.24) is 14.7 Å². The monoisotopic (exact) mass is 469 g/mol. The van der Waals surface area contributed by atoms with Gasteiger partial charge in [-0.2, -0.15) is 5.10 Å². The summed E-state index contributed by atoms with van der Waals surface area (Å²) in [6.07, 6.45) is 4.81. The van der Waals surface area contributed by atoms with Gasteiger partial charge in [0.25, 0.3) is 0 Å². The van der Waals surface area contributed by atoms with Crippen LogP contribution in [-0.2, 0) is 13.1 Å². The Morgan fingerprint density at radius 3 is 2.48 bits per heavy atom. The fourth-order valence-corrected chi connectivity index (χ4v) is 4.27. The largest absolute Gasteiger partial charge is 0.492 e. The van der Waals surface area contributed by atoms with Crippen LogP contribution in [0.1, 0.15) is 29.5 Å². The lowest BCUT2D eigenvalue weighted by Crippen LogP contribution is -2.47. The molecule has 0 saturated carbocycles. The fraction of sp³-hybridized carbons (Fsp3) is 0.423. The molecule has 1 aromatic heterocycles. The first kappa shape index (κ1) is 23.6. The van der Waals surface area contributed by atoms with E-state index in [-0.39, 0.29) is 0 Å². The number of halogens is 1. The maximum absolute atomic E-state index is 11.0. The third-order valence-electron chi connectivity index (χ3n) is 6.13. The predicted octanol–water partition coefficient (Wildman–Crippen LogP) is 4.64. The van der Waals surface area contributed by atoms with E-state index in [1.807, 2.05) is 31.2 Å². The molecule has 6 nitrogen and oxygen atoms in total. The van der Waals surface area contributed by atoms with Crippen molar-refractivity contribution in [3.63, 3.8) is 0 Å². The Kier molecular flexibility index (Phi) is 7.58. The van der Waals surface area contributed by atoms with Crippen LogP contribution in [0.5, 0.6) is 11.5 Å². The van der Waals surface area contributed by atoms with Crippen LogP contribution in [0.2, 0.25) is 5.02 Å². The topological polar surface area (TPSA) is 59.8 Å². The zero-order valence-corrected chi connectivity index (χ0v) is 20.1. The third kappa shape index (κ3) is 6.73. The summed E-state index contributed by atoms with van der Waals surface area (Å²) in [5, 5.41) is 15.8. The van der Waals surface area contributed by atoms with Gasteiger partial charge < -0.3 is 14.6 Å². The van der Waals surface area contributed by atoms with Crippen molar-refractivity contribution >= 4 is 11.6 Å². The van der Waals surface area contributed by atoms with Crippen molar-refractivity contribution < 1.29 is 14.6 Å². The maximum atomic E-state index is 11.0. The molecule has 0 radical (unpaired) electrons. The van der Waals surface area contributed by atoms with Gasteiger partial charge in [0.2, 0.25) is 0 Å². The zero-order chi connectivity index (χ0) is 23.3. The molecule has 1 saturated heterocycles. The molecule has 2 aromatic carbocycles. The van der Waals surface area contributed by atoms with Gasteiger partial charge >= 0.3 is 0 Å². The lowest BCUT2D eigenvalue weighted by atomic mass is 9.92. The Morgan fingerprint density at radius 1 is 1.06 bits per heavy atom. The van der Waals surface area contributed by atoms with Crippen LogP contribution in [0.4, 0.5) is 0 Å². The second-order valence-electron chi connectivity index (χ2n) is 8.97. The van der Waals surface area contributed by atoms with E-state index >= 15 is 0 Å². The van der Waals surface area contributed by atoms with Crippen molar-refractivity contribution in [3.05, 3.63) is 76.6 Å². The predicted molar refractivity (Wildman–Crippen MR) is 130 cm³/mol. The number of aromatic nitrogens is 2. The number of piperidine rings is 1. The number of hydrogen-bond acceptors (Lipinski definition) is 5. The molecule has 7 heteroatoms. The molecule has 1 N–H and O–H groups in total. The Balaban J connectivity index is 1.19. The summed E-state index contributed by atoms with van der Waals surface area (Å²) in [7, 11) is 0. The first-order chi connectivity index (χ1) is 15.9. The average molecular weight is 470 g/mol. The SMILES string of the molecule is Cc1ccc(OCC2(O)CCN(Cc3ccc(OCCn4cc(Cl)cn4)cc3)CC2)c(C)c1. The number of aliphatic hydroxyl groups is 1. The summed E-state index contributed by atoms with van der Waals surface area (Å²) in [4.78, 5) is 2.38. The highest BCUT2D eigenvalue weighted by Crippen LogP contribution is 2.27. The smallest absolute Gasteiger partial charge is 0.122 e. The van der Waals surface area contributed by atoms with Crippen LogP contribution < -0.4 is 9.47 Å². The minimum Gasteiger partial charge on any atom is -0.492 e. The quantitative estimate of drug-likeness (QED) is 0.494. The Labute approximate surface area is 200 Å². The summed E-state index contributed by atoms with van der Waals surface area (Å²) in [6, 6.07) is 14.3.